The fourth-order valence-corrected chi connectivity index (χ4v) is 1.52. The van der Waals surface area contributed by atoms with Gasteiger partial charge in [-0.15, -0.1) is 0 Å². The number of rotatable bonds is 0. The Morgan fingerprint density at radius 3 is 3.42 bits per heavy atom. The minimum absolute atomic E-state index is 0.770. The van der Waals surface area contributed by atoms with Crippen LogP contribution < -0.4 is 10.7 Å². The molecule has 0 radical (unpaired) electrons. The standard InChI is InChI=1S/C9H7N3/c1-3-7-8(4-1)11-12-6-2-5-10-9(7)12/h1-4,6H,5H2. The molecule has 0 amide bonds. The van der Waals surface area contributed by atoms with Crippen LogP contribution in [0.4, 0.5) is 0 Å². The molecule has 0 aromatic carbocycles. The lowest BCUT2D eigenvalue weighted by Gasteiger charge is -1.96. The molecule has 0 N–H and O–H groups in total. The molecule has 0 saturated carbocycles. The third-order valence-corrected chi connectivity index (χ3v) is 2.06. The van der Waals surface area contributed by atoms with Gasteiger partial charge in [0.15, 0.2) is 5.49 Å². The van der Waals surface area contributed by atoms with Crippen molar-refractivity contribution in [3.05, 3.63) is 28.6 Å². The van der Waals surface area contributed by atoms with Crippen molar-refractivity contribution in [3.63, 3.8) is 0 Å². The van der Waals surface area contributed by atoms with E-state index >= 15 is 0 Å². The van der Waals surface area contributed by atoms with E-state index in [0.717, 1.165) is 22.9 Å². The summed E-state index contributed by atoms with van der Waals surface area (Å²) in [6.07, 6.45) is 10.0. The van der Waals surface area contributed by atoms with Crippen LogP contribution in [-0.2, 0) is 0 Å². The average Bonchev–Trinajstić information content (AvgIpc) is 2.62. The Kier molecular flexibility index (Phi) is 0.961. The zero-order valence-electron chi connectivity index (χ0n) is 6.44. The van der Waals surface area contributed by atoms with Gasteiger partial charge in [0, 0.05) is 11.4 Å². The van der Waals surface area contributed by atoms with Crippen LogP contribution in [0.15, 0.2) is 17.1 Å². The van der Waals surface area contributed by atoms with E-state index in [-0.39, 0.29) is 0 Å². The third-order valence-electron chi connectivity index (χ3n) is 2.06. The second-order valence-electron chi connectivity index (χ2n) is 2.82. The predicted molar refractivity (Wildman–Crippen MR) is 46.7 cm³/mol. The molecule has 1 aliphatic carbocycles. The number of aromatic nitrogens is 2. The number of fused-ring (bicyclic) bond motifs is 3. The lowest BCUT2D eigenvalue weighted by molar-refractivity contribution is 0.836. The van der Waals surface area contributed by atoms with E-state index in [4.69, 9.17) is 0 Å². The Morgan fingerprint density at radius 1 is 1.42 bits per heavy atom. The normalized spacial score (nSPS) is 16.7. The summed E-state index contributed by atoms with van der Waals surface area (Å²) in [6, 6.07) is 0. The minimum atomic E-state index is 0.770. The van der Waals surface area contributed by atoms with Gasteiger partial charge < -0.3 is 0 Å². The summed E-state index contributed by atoms with van der Waals surface area (Å²) >= 11 is 0. The van der Waals surface area contributed by atoms with Gasteiger partial charge in [0.2, 0.25) is 0 Å². The fourth-order valence-electron chi connectivity index (χ4n) is 1.52. The van der Waals surface area contributed by atoms with E-state index in [1.54, 1.807) is 0 Å². The lowest BCUT2D eigenvalue weighted by Crippen LogP contribution is -2.29. The molecule has 3 heteroatoms. The van der Waals surface area contributed by atoms with Gasteiger partial charge in [0.1, 0.15) is 0 Å². The molecule has 3 rings (SSSR count). The number of hydrogen-bond donors (Lipinski definition) is 0. The van der Waals surface area contributed by atoms with Crippen LogP contribution in [0.3, 0.4) is 0 Å². The van der Waals surface area contributed by atoms with Gasteiger partial charge in [-0.25, -0.2) is 4.68 Å². The molecule has 0 fully saturated rings. The highest BCUT2D eigenvalue weighted by Gasteiger charge is 2.07. The molecule has 12 heavy (non-hydrogen) atoms. The molecule has 3 nitrogen and oxygen atoms in total. The Bertz CT molecular complexity index is 503. The molecule has 2 aliphatic rings. The second kappa shape index (κ2) is 1.94. The van der Waals surface area contributed by atoms with Crippen LogP contribution >= 0.6 is 0 Å². The Hall–Kier alpha value is -1.64. The Balaban J connectivity index is 2.52. The molecule has 58 valence electrons. The van der Waals surface area contributed by atoms with Crippen molar-refractivity contribution in [1.82, 2.24) is 9.78 Å². The van der Waals surface area contributed by atoms with Gasteiger partial charge in [-0.1, -0.05) is 6.08 Å². The van der Waals surface area contributed by atoms with Crippen molar-refractivity contribution < 1.29 is 0 Å². The summed E-state index contributed by atoms with van der Waals surface area (Å²) in [5, 5.41) is 5.50. The Morgan fingerprint density at radius 2 is 2.42 bits per heavy atom. The third kappa shape index (κ3) is 0.605. The topological polar surface area (TPSA) is 30.2 Å². The average molecular weight is 157 g/mol. The molecular weight excluding hydrogens is 150 g/mol. The van der Waals surface area contributed by atoms with Crippen LogP contribution in [0, 0.1) is 0 Å². The molecule has 0 spiro atoms. The fraction of sp³-hybridized carbons (Fsp3) is 0.111. The molecule has 0 atom stereocenters. The summed E-state index contributed by atoms with van der Waals surface area (Å²) < 4.78 is 1.83. The Labute approximate surface area is 69.0 Å². The van der Waals surface area contributed by atoms with Crippen molar-refractivity contribution in [2.75, 3.05) is 6.54 Å². The highest BCUT2D eigenvalue weighted by molar-refractivity contribution is 5.63. The van der Waals surface area contributed by atoms with Gasteiger partial charge in [-0.2, -0.15) is 5.10 Å². The van der Waals surface area contributed by atoms with E-state index in [9.17, 15) is 0 Å². The van der Waals surface area contributed by atoms with Crippen molar-refractivity contribution in [1.29, 1.82) is 0 Å². The lowest BCUT2D eigenvalue weighted by atomic mass is 10.4. The molecule has 0 bridgehead atoms. The molecule has 0 saturated heterocycles. The minimum Gasteiger partial charge on any atom is -0.262 e. The van der Waals surface area contributed by atoms with E-state index < -0.39 is 0 Å². The highest BCUT2D eigenvalue weighted by atomic mass is 15.3. The molecule has 2 heterocycles. The van der Waals surface area contributed by atoms with E-state index in [1.165, 1.54) is 0 Å². The zero-order chi connectivity index (χ0) is 7.97. The second-order valence-corrected chi connectivity index (χ2v) is 2.82. The molecular formula is C9H7N3. The first kappa shape index (κ1) is 5.94. The number of allylic oxidation sites excluding steroid dienone is 1. The van der Waals surface area contributed by atoms with Gasteiger partial charge in [0.05, 0.1) is 12.2 Å². The quantitative estimate of drug-likeness (QED) is 0.512. The van der Waals surface area contributed by atoms with Gasteiger partial charge >= 0.3 is 0 Å². The van der Waals surface area contributed by atoms with Crippen LogP contribution in [0.2, 0.25) is 0 Å². The van der Waals surface area contributed by atoms with Crippen LogP contribution in [0.1, 0.15) is 5.69 Å². The van der Waals surface area contributed by atoms with Crippen molar-refractivity contribution >= 4 is 18.4 Å². The SMILES string of the molecule is C1=Cc2nn3c(c2=C1)=NCC=C3. The van der Waals surface area contributed by atoms with E-state index in [2.05, 4.69) is 16.2 Å². The largest absolute Gasteiger partial charge is 0.262 e. The predicted octanol–water partition coefficient (Wildman–Crippen LogP) is -0.206. The summed E-state index contributed by atoms with van der Waals surface area (Å²) in [4.78, 5) is 4.37. The monoisotopic (exact) mass is 157 g/mol. The summed E-state index contributed by atoms with van der Waals surface area (Å²) in [5.41, 5.74) is 2.01. The first-order valence-corrected chi connectivity index (χ1v) is 3.93. The van der Waals surface area contributed by atoms with Crippen molar-refractivity contribution in [2.24, 2.45) is 4.99 Å². The smallest absolute Gasteiger partial charge is 0.158 e. The van der Waals surface area contributed by atoms with Gasteiger partial charge in [-0.05, 0) is 18.2 Å². The maximum atomic E-state index is 4.37. The first-order chi connectivity index (χ1) is 5.95. The molecule has 1 aromatic rings. The highest BCUT2D eigenvalue weighted by Crippen LogP contribution is 1.97. The van der Waals surface area contributed by atoms with E-state index in [0.29, 0.717) is 0 Å². The zero-order valence-corrected chi connectivity index (χ0v) is 6.44. The maximum Gasteiger partial charge on any atom is 0.158 e. The number of nitrogens with zero attached hydrogens (tertiary/aromatic N) is 3. The van der Waals surface area contributed by atoms with Crippen molar-refractivity contribution in [3.8, 4) is 0 Å². The van der Waals surface area contributed by atoms with Crippen LogP contribution in [-0.4, -0.2) is 16.3 Å². The molecule has 1 aliphatic heterocycles. The molecule has 1 aromatic heterocycles. The first-order valence-electron chi connectivity index (χ1n) is 3.93. The summed E-state index contributed by atoms with van der Waals surface area (Å²) in [6.45, 7) is 0.770. The molecule has 0 unspecified atom stereocenters. The summed E-state index contributed by atoms with van der Waals surface area (Å²) in [5.74, 6) is 0. The maximum absolute atomic E-state index is 4.37. The van der Waals surface area contributed by atoms with Gasteiger partial charge in [-0.3, -0.25) is 4.99 Å². The number of hydrogen-bond acceptors (Lipinski definition) is 2. The van der Waals surface area contributed by atoms with Crippen LogP contribution in [0.5, 0.6) is 0 Å². The van der Waals surface area contributed by atoms with Gasteiger partial charge in [0.25, 0.3) is 0 Å². The van der Waals surface area contributed by atoms with Crippen LogP contribution in [0.25, 0.3) is 18.4 Å². The van der Waals surface area contributed by atoms with Crippen molar-refractivity contribution in [2.45, 2.75) is 0 Å². The van der Waals surface area contributed by atoms with E-state index in [1.807, 2.05) is 29.1 Å². The summed E-state index contributed by atoms with van der Waals surface area (Å²) in [7, 11) is 0.